The van der Waals surface area contributed by atoms with Gasteiger partial charge in [-0.1, -0.05) is 0 Å². The first-order valence-corrected chi connectivity index (χ1v) is 4.93. The number of aliphatic carboxylic acids is 1. The van der Waals surface area contributed by atoms with Crippen molar-refractivity contribution in [2.24, 2.45) is 5.41 Å². The number of carboxylic acids is 1. The Morgan fingerprint density at radius 1 is 1.12 bits per heavy atom. The lowest BCUT2D eigenvalue weighted by Gasteiger charge is -2.36. The highest BCUT2D eigenvalue weighted by molar-refractivity contribution is 5.75. The molecule has 0 heterocycles. The molecule has 0 amide bonds. The quantitative estimate of drug-likeness (QED) is 0.779. The first-order valence-electron chi connectivity index (χ1n) is 4.93. The van der Waals surface area contributed by atoms with Crippen LogP contribution in [0.4, 0.5) is 13.2 Å². The minimum atomic E-state index is -4.27. The molecule has 2 N–H and O–H groups in total. The van der Waals surface area contributed by atoms with Crippen LogP contribution in [0.15, 0.2) is 0 Å². The highest BCUT2D eigenvalue weighted by Gasteiger charge is 2.45. The van der Waals surface area contributed by atoms with E-state index >= 15 is 0 Å². The van der Waals surface area contributed by atoms with E-state index in [0.29, 0.717) is 0 Å². The molecule has 0 spiro atoms. The Balaban J connectivity index is 4.42. The molecule has 0 saturated carbocycles. The van der Waals surface area contributed by atoms with Crippen molar-refractivity contribution in [2.45, 2.75) is 51.8 Å². The summed E-state index contributed by atoms with van der Waals surface area (Å²) in [4.78, 5) is 10.8. The van der Waals surface area contributed by atoms with Crippen molar-refractivity contribution >= 4 is 5.97 Å². The summed E-state index contributed by atoms with van der Waals surface area (Å²) in [5.41, 5.74) is -3.14. The largest absolute Gasteiger partial charge is 0.481 e. The molecular weight excluding hydrogens is 225 g/mol. The Kier molecular flexibility index (Phi) is 4.38. The number of carboxylic acid groups (broad SMARTS) is 1. The standard InChI is InChI=1S/C10H17F3O3/c1-8(2,7(14)15)9(3,16)5-4-6-10(11,12)13/h16H,4-6H2,1-3H3,(H,14,15). The molecule has 0 radical (unpaired) electrons. The predicted octanol–water partition coefficient (Wildman–Crippen LogP) is 2.58. The minimum Gasteiger partial charge on any atom is -0.481 e. The van der Waals surface area contributed by atoms with Gasteiger partial charge in [0.1, 0.15) is 0 Å². The summed E-state index contributed by atoms with van der Waals surface area (Å²) in [6.45, 7) is 3.84. The van der Waals surface area contributed by atoms with Crippen molar-refractivity contribution < 1.29 is 28.2 Å². The number of halogens is 3. The fourth-order valence-corrected chi connectivity index (χ4v) is 1.18. The van der Waals surface area contributed by atoms with E-state index in [1.165, 1.54) is 20.8 Å². The minimum absolute atomic E-state index is 0.203. The van der Waals surface area contributed by atoms with Crippen LogP contribution in [-0.4, -0.2) is 28.0 Å². The van der Waals surface area contributed by atoms with Crippen molar-refractivity contribution in [3.8, 4) is 0 Å². The van der Waals surface area contributed by atoms with Crippen LogP contribution in [0.1, 0.15) is 40.0 Å². The summed E-state index contributed by atoms with van der Waals surface area (Å²) in [5, 5.41) is 18.7. The Bertz CT molecular complexity index is 257. The van der Waals surface area contributed by atoms with Crippen LogP contribution >= 0.6 is 0 Å². The molecule has 0 aromatic carbocycles. The number of rotatable bonds is 5. The van der Waals surface area contributed by atoms with E-state index in [1.54, 1.807) is 0 Å². The van der Waals surface area contributed by atoms with Gasteiger partial charge in [-0.15, -0.1) is 0 Å². The van der Waals surface area contributed by atoms with Gasteiger partial charge in [0.2, 0.25) is 0 Å². The van der Waals surface area contributed by atoms with E-state index in [-0.39, 0.29) is 12.8 Å². The molecule has 0 aliphatic heterocycles. The van der Waals surface area contributed by atoms with Crippen molar-refractivity contribution in [3.05, 3.63) is 0 Å². The highest BCUT2D eigenvalue weighted by atomic mass is 19.4. The van der Waals surface area contributed by atoms with Crippen LogP contribution in [0, 0.1) is 5.41 Å². The topological polar surface area (TPSA) is 57.5 Å². The zero-order valence-electron chi connectivity index (χ0n) is 9.56. The Morgan fingerprint density at radius 3 is 1.88 bits per heavy atom. The van der Waals surface area contributed by atoms with Crippen molar-refractivity contribution in [1.29, 1.82) is 0 Å². The molecule has 1 unspecified atom stereocenters. The van der Waals surface area contributed by atoms with Gasteiger partial charge in [0.05, 0.1) is 11.0 Å². The third-order valence-corrected chi connectivity index (χ3v) is 3.00. The maximum Gasteiger partial charge on any atom is 0.389 e. The summed E-state index contributed by atoms with van der Waals surface area (Å²) in [6.07, 6.45) is -5.78. The molecule has 1 atom stereocenters. The lowest BCUT2D eigenvalue weighted by molar-refractivity contribution is -0.165. The molecule has 16 heavy (non-hydrogen) atoms. The molecule has 0 aliphatic rings. The van der Waals surface area contributed by atoms with Gasteiger partial charge >= 0.3 is 12.1 Å². The fourth-order valence-electron chi connectivity index (χ4n) is 1.18. The van der Waals surface area contributed by atoms with Crippen molar-refractivity contribution in [2.75, 3.05) is 0 Å². The summed E-state index contributed by atoms with van der Waals surface area (Å²) < 4.78 is 35.7. The van der Waals surface area contributed by atoms with E-state index < -0.39 is 29.6 Å². The van der Waals surface area contributed by atoms with Crippen molar-refractivity contribution in [3.63, 3.8) is 0 Å². The fraction of sp³-hybridized carbons (Fsp3) is 0.900. The van der Waals surface area contributed by atoms with Crippen LogP contribution in [0.25, 0.3) is 0 Å². The summed E-state index contributed by atoms with van der Waals surface area (Å²) in [6, 6.07) is 0. The number of alkyl halides is 3. The third-order valence-electron chi connectivity index (χ3n) is 3.00. The van der Waals surface area contributed by atoms with Gasteiger partial charge < -0.3 is 10.2 Å². The molecule has 3 nitrogen and oxygen atoms in total. The highest BCUT2D eigenvalue weighted by Crippen LogP contribution is 2.36. The zero-order valence-corrected chi connectivity index (χ0v) is 9.56. The van der Waals surface area contributed by atoms with Crippen LogP contribution in [0.5, 0.6) is 0 Å². The van der Waals surface area contributed by atoms with Gasteiger partial charge in [0.25, 0.3) is 0 Å². The zero-order chi connectivity index (χ0) is 13.2. The number of carbonyl (C=O) groups is 1. The maximum atomic E-state index is 11.9. The second-order valence-corrected chi connectivity index (χ2v) is 4.67. The third kappa shape index (κ3) is 4.00. The predicted molar refractivity (Wildman–Crippen MR) is 51.9 cm³/mol. The number of hydrogen-bond donors (Lipinski definition) is 2. The normalized spacial score (nSPS) is 16.9. The first-order chi connectivity index (χ1) is 6.90. The Morgan fingerprint density at radius 2 is 1.56 bits per heavy atom. The van der Waals surface area contributed by atoms with Gasteiger partial charge in [0, 0.05) is 6.42 Å². The summed E-state index contributed by atoms with van der Waals surface area (Å²) >= 11 is 0. The van der Waals surface area contributed by atoms with E-state index in [4.69, 9.17) is 5.11 Å². The second-order valence-electron chi connectivity index (χ2n) is 4.67. The molecule has 0 bridgehead atoms. The maximum absolute atomic E-state index is 11.9. The van der Waals surface area contributed by atoms with Crippen LogP contribution < -0.4 is 0 Å². The molecule has 0 aliphatic carbocycles. The average molecular weight is 242 g/mol. The monoisotopic (exact) mass is 242 g/mol. The molecule has 0 aromatic rings. The van der Waals surface area contributed by atoms with Gasteiger partial charge in [-0.2, -0.15) is 13.2 Å². The van der Waals surface area contributed by atoms with Crippen molar-refractivity contribution in [1.82, 2.24) is 0 Å². The average Bonchev–Trinajstić information content (AvgIpc) is 2.00. The number of aliphatic hydroxyl groups is 1. The van der Waals surface area contributed by atoms with E-state index in [1.807, 2.05) is 0 Å². The van der Waals surface area contributed by atoms with E-state index in [9.17, 15) is 23.1 Å². The molecular formula is C10H17F3O3. The molecule has 0 saturated heterocycles. The van der Waals surface area contributed by atoms with Crippen LogP contribution in [0.2, 0.25) is 0 Å². The van der Waals surface area contributed by atoms with Gasteiger partial charge in [-0.3, -0.25) is 4.79 Å². The molecule has 96 valence electrons. The lowest BCUT2D eigenvalue weighted by atomic mass is 9.73. The van der Waals surface area contributed by atoms with E-state index in [2.05, 4.69) is 0 Å². The first kappa shape index (κ1) is 15.2. The Hall–Kier alpha value is -0.780. The smallest absolute Gasteiger partial charge is 0.389 e. The molecule has 0 rings (SSSR count). The molecule has 0 fully saturated rings. The van der Waals surface area contributed by atoms with Crippen LogP contribution in [-0.2, 0) is 4.79 Å². The van der Waals surface area contributed by atoms with Gasteiger partial charge in [-0.25, -0.2) is 0 Å². The summed E-state index contributed by atoms with van der Waals surface area (Å²) in [5.74, 6) is -1.23. The lowest BCUT2D eigenvalue weighted by Crippen LogP contribution is -2.47. The van der Waals surface area contributed by atoms with Gasteiger partial charge in [-0.05, 0) is 33.6 Å². The Labute approximate surface area is 92.3 Å². The SMILES string of the molecule is CC(O)(CCCC(F)(F)F)C(C)(C)C(=O)O. The van der Waals surface area contributed by atoms with Gasteiger partial charge in [0.15, 0.2) is 0 Å². The van der Waals surface area contributed by atoms with E-state index in [0.717, 1.165) is 0 Å². The number of hydrogen-bond acceptors (Lipinski definition) is 2. The second kappa shape index (κ2) is 4.61. The summed E-state index contributed by atoms with van der Waals surface area (Å²) in [7, 11) is 0. The molecule has 6 heteroatoms. The molecule has 0 aromatic heterocycles. The van der Waals surface area contributed by atoms with Crippen LogP contribution in [0.3, 0.4) is 0 Å².